The summed E-state index contributed by atoms with van der Waals surface area (Å²) in [7, 11) is 0. The fourth-order valence-corrected chi connectivity index (χ4v) is 2.21. The number of carbonyl (C=O) groups is 3. The molecule has 23 heavy (non-hydrogen) atoms. The molecule has 0 unspecified atom stereocenters. The summed E-state index contributed by atoms with van der Waals surface area (Å²) in [5.41, 5.74) is -0.733. The fraction of sp³-hybridized carbons (Fsp3) is 0.667. The monoisotopic (exact) mass is 328 g/mol. The lowest BCUT2D eigenvalue weighted by Gasteiger charge is -2.38. The van der Waals surface area contributed by atoms with Crippen molar-refractivity contribution < 1.29 is 29.0 Å². The van der Waals surface area contributed by atoms with E-state index >= 15 is 0 Å². The van der Waals surface area contributed by atoms with E-state index in [2.05, 4.69) is 11.9 Å². The zero-order chi connectivity index (χ0) is 17.6. The molecule has 0 bridgehead atoms. The number of nitrogens with zero attached hydrogens (tertiary/aromatic N) is 1. The van der Waals surface area contributed by atoms with Crippen molar-refractivity contribution in [3.63, 3.8) is 0 Å². The third-order valence-electron chi connectivity index (χ3n) is 3.15. The van der Waals surface area contributed by atoms with Crippen LogP contribution in [0.3, 0.4) is 0 Å². The Labute approximate surface area is 135 Å². The zero-order valence-corrected chi connectivity index (χ0v) is 13.7. The van der Waals surface area contributed by atoms with E-state index in [0.717, 1.165) is 4.90 Å². The quantitative estimate of drug-likeness (QED) is 0.762. The lowest BCUT2D eigenvalue weighted by atomic mass is 9.99. The summed E-state index contributed by atoms with van der Waals surface area (Å²) in [4.78, 5) is 36.2. The highest BCUT2D eigenvalue weighted by molar-refractivity contribution is 5.80. The number of alkyl carbamates (subject to hydrolysis) is 1. The van der Waals surface area contributed by atoms with Crippen LogP contribution in [0.15, 0.2) is 12.7 Å². The summed E-state index contributed by atoms with van der Waals surface area (Å²) < 4.78 is 10.1. The predicted molar refractivity (Wildman–Crippen MR) is 82.1 cm³/mol. The number of ether oxygens (including phenoxy) is 2. The van der Waals surface area contributed by atoms with Crippen LogP contribution in [-0.2, 0) is 14.3 Å². The van der Waals surface area contributed by atoms with Crippen LogP contribution in [0.25, 0.3) is 0 Å². The van der Waals surface area contributed by atoms with Gasteiger partial charge in [-0.1, -0.05) is 12.7 Å². The minimum absolute atomic E-state index is 0.0507. The molecule has 1 aliphatic heterocycles. The molecule has 2 amide bonds. The molecule has 8 nitrogen and oxygen atoms in total. The fourth-order valence-electron chi connectivity index (χ4n) is 2.21. The number of amides is 2. The molecule has 1 saturated heterocycles. The summed E-state index contributed by atoms with van der Waals surface area (Å²) in [6, 6.07) is -1.36. The Morgan fingerprint density at radius 1 is 1.35 bits per heavy atom. The second-order valence-corrected chi connectivity index (χ2v) is 6.29. The van der Waals surface area contributed by atoms with Crippen molar-refractivity contribution in [3.05, 3.63) is 12.7 Å². The van der Waals surface area contributed by atoms with Crippen molar-refractivity contribution in [1.82, 2.24) is 10.2 Å². The van der Waals surface area contributed by atoms with Crippen molar-refractivity contribution in [1.29, 1.82) is 0 Å². The Kier molecular flexibility index (Phi) is 6.41. The molecule has 0 saturated carbocycles. The maximum atomic E-state index is 12.2. The van der Waals surface area contributed by atoms with Crippen LogP contribution in [0.4, 0.5) is 9.59 Å². The number of piperidine rings is 1. The summed E-state index contributed by atoms with van der Waals surface area (Å²) >= 11 is 0. The minimum atomic E-state index is -1.09. The second kappa shape index (κ2) is 7.85. The summed E-state index contributed by atoms with van der Waals surface area (Å²) in [5.74, 6) is -1.09. The van der Waals surface area contributed by atoms with Gasteiger partial charge in [-0.15, -0.1) is 0 Å². The van der Waals surface area contributed by atoms with Crippen molar-refractivity contribution in [2.24, 2.45) is 0 Å². The van der Waals surface area contributed by atoms with Crippen molar-refractivity contribution in [3.8, 4) is 0 Å². The van der Waals surface area contributed by atoms with Crippen LogP contribution < -0.4 is 5.32 Å². The summed E-state index contributed by atoms with van der Waals surface area (Å²) in [5, 5.41) is 11.9. The molecule has 2 N–H and O–H groups in total. The standard InChI is InChI=1S/C15H24N2O6/c1-5-8-22-13(20)16-10-6-7-11(12(18)19)17(9-10)14(21)23-15(2,3)4/h5,10-11H,1,6-9H2,2-4H3,(H,16,20)(H,18,19)/t10-,11+/m0/s1. The average Bonchev–Trinajstić information content (AvgIpc) is 2.43. The third-order valence-corrected chi connectivity index (χ3v) is 3.15. The molecular weight excluding hydrogens is 304 g/mol. The van der Waals surface area contributed by atoms with Gasteiger partial charge in [0, 0.05) is 6.54 Å². The van der Waals surface area contributed by atoms with Crippen LogP contribution in [-0.4, -0.2) is 59.0 Å². The van der Waals surface area contributed by atoms with E-state index in [9.17, 15) is 19.5 Å². The Hall–Kier alpha value is -2.25. The maximum Gasteiger partial charge on any atom is 0.411 e. The Bertz CT molecular complexity index is 471. The van der Waals surface area contributed by atoms with Gasteiger partial charge >= 0.3 is 18.2 Å². The number of rotatable bonds is 4. The van der Waals surface area contributed by atoms with E-state index in [-0.39, 0.29) is 19.6 Å². The number of aliphatic carboxylic acids is 1. The van der Waals surface area contributed by atoms with Crippen LogP contribution in [0.2, 0.25) is 0 Å². The number of hydrogen-bond acceptors (Lipinski definition) is 5. The number of carboxylic acids is 1. The first kappa shape index (κ1) is 18.8. The van der Waals surface area contributed by atoms with Gasteiger partial charge in [0.2, 0.25) is 0 Å². The largest absolute Gasteiger partial charge is 0.480 e. The molecule has 130 valence electrons. The Balaban J connectivity index is 2.73. The topological polar surface area (TPSA) is 105 Å². The zero-order valence-electron chi connectivity index (χ0n) is 13.7. The van der Waals surface area contributed by atoms with Crippen LogP contribution in [0, 0.1) is 0 Å². The van der Waals surface area contributed by atoms with Gasteiger partial charge in [-0.3, -0.25) is 4.90 Å². The first-order valence-corrected chi connectivity index (χ1v) is 7.40. The molecule has 0 aromatic rings. The van der Waals surface area contributed by atoms with Crippen molar-refractivity contribution in [2.45, 2.75) is 51.3 Å². The molecule has 1 aliphatic rings. The molecule has 2 atom stereocenters. The molecule has 8 heteroatoms. The average molecular weight is 328 g/mol. The lowest BCUT2D eigenvalue weighted by Crippen LogP contribution is -2.57. The van der Waals surface area contributed by atoms with Gasteiger partial charge in [0.1, 0.15) is 18.2 Å². The van der Waals surface area contributed by atoms with Crippen molar-refractivity contribution >= 4 is 18.2 Å². The SMILES string of the molecule is C=CCOC(=O)N[C@H]1CC[C@H](C(=O)O)N(C(=O)OC(C)(C)C)C1. The lowest BCUT2D eigenvalue weighted by molar-refractivity contribution is -0.144. The molecule has 1 heterocycles. The van der Waals surface area contributed by atoms with Gasteiger partial charge in [0.25, 0.3) is 0 Å². The Morgan fingerprint density at radius 2 is 2.00 bits per heavy atom. The van der Waals surface area contributed by atoms with E-state index in [0.29, 0.717) is 6.42 Å². The molecule has 0 aromatic carbocycles. The van der Waals surface area contributed by atoms with Gasteiger partial charge in [0.15, 0.2) is 0 Å². The van der Waals surface area contributed by atoms with Crippen LogP contribution >= 0.6 is 0 Å². The number of hydrogen-bond donors (Lipinski definition) is 2. The third kappa shape index (κ3) is 6.17. The van der Waals surface area contributed by atoms with Gasteiger partial charge in [-0.05, 0) is 33.6 Å². The van der Waals surface area contributed by atoms with E-state index in [1.807, 2.05) is 0 Å². The van der Waals surface area contributed by atoms with E-state index < -0.39 is 35.8 Å². The highest BCUT2D eigenvalue weighted by Gasteiger charge is 2.38. The molecule has 0 spiro atoms. The number of carboxylic acid groups (broad SMARTS) is 1. The first-order chi connectivity index (χ1) is 10.6. The van der Waals surface area contributed by atoms with E-state index in [4.69, 9.17) is 9.47 Å². The van der Waals surface area contributed by atoms with Gasteiger partial charge in [-0.2, -0.15) is 0 Å². The van der Waals surface area contributed by atoms with Gasteiger partial charge in [-0.25, -0.2) is 14.4 Å². The summed E-state index contributed by atoms with van der Waals surface area (Å²) in [6.07, 6.45) is 0.748. The maximum absolute atomic E-state index is 12.2. The molecule has 1 rings (SSSR count). The number of nitrogens with one attached hydrogen (secondary N) is 1. The van der Waals surface area contributed by atoms with Gasteiger partial charge in [0.05, 0.1) is 6.04 Å². The molecule has 0 aromatic heterocycles. The van der Waals surface area contributed by atoms with E-state index in [1.165, 1.54) is 6.08 Å². The Morgan fingerprint density at radius 3 is 2.52 bits per heavy atom. The predicted octanol–water partition coefficient (Wildman–Crippen LogP) is 1.75. The van der Waals surface area contributed by atoms with Crippen LogP contribution in [0.1, 0.15) is 33.6 Å². The van der Waals surface area contributed by atoms with Crippen molar-refractivity contribution in [2.75, 3.05) is 13.2 Å². The number of carbonyl (C=O) groups excluding carboxylic acids is 2. The first-order valence-electron chi connectivity index (χ1n) is 7.40. The van der Waals surface area contributed by atoms with Crippen LogP contribution in [0.5, 0.6) is 0 Å². The molecule has 0 aliphatic carbocycles. The highest BCUT2D eigenvalue weighted by Crippen LogP contribution is 2.21. The summed E-state index contributed by atoms with van der Waals surface area (Å²) in [6.45, 7) is 8.67. The minimum Gasteiger partial charge on any atom is -0.480 e. The molecule has 0 radical (unpaired) electrons. The van der Waals surface area contributed by atoms with Gasteiger partial charge < -0.3 is 19.9 Å². The van der Waals surface area contributed by atoms with E-state index in [1.54, 1.807) is 20.8 Å². The second-order valence-electron chi connectivity index (χ2n) is 6.29. The molecular formula is C15H24N2O6. The normalized spacial score (nSPS) is 21.3. The smallest absolute Gasteiger partial charge is 0.411 e. The highest BCUT2D eigenvalue weighted by atomic mass is 16.6. The molecule has 1 fully saturated rings. The number of likely N-dealkylation sites (tertiary alicyclic amines) is 1.